The molecule has 0 aromatic heterocycles. The van der Waals surface area contributed by atoms with Gasteiger partial charge in [0.1, 0.15) is 0 Å². The van der Waals surface area contributed by atoms with Crippen molar-refractivity contribution >= 4 is 29.4 Å². The largest absolute Gasteiger partial charge is 0.427 e. The van der Waals surface area contributed by atoms with E-state index in [0.717, 1.165) is 4.68 Å². The molecular formula is C20H10Cl2N6. The van der Waals surface area contributed by atoms with Gasteiger partial charge in [0.2, 0.25) is 5.41 Å². The van der Waals surface area contributed by atoms with Crippen molar-refractivity contribution in [1.29, 1.82) is 21.0 Å². The summed E-state index contributed by atoms with van der Waals surface area (Å²) in [7, 11) is 0. The van der Waals surface area contributed by atoms with Crippen molar-refractivity contribution < 1.29 is 4.68 Å². The molecule has 6 nitrogen and oxygen atoms in total. The maximum Gasteiger partial charge on any atom is 0.360 e. The fourth-order valence-corrected chi connectivity index (χ4v) is 3.32. The molecule has 1 heterocycles. The van der Waals surface area contributed by atoms with Crippen LogP contribution in [0.25, 0.3) is 5.43 Å². The molecule has 1 atom stereocenters. The molecule has 0 bridgehead atoms. The lowest BCUT2D eigenvalue weighted by molar-refractivity contribution is -0.517. The van der Waals surface area contributed by atoms with Gasteiger partial charge in [0.25, 0.3) is 0 Å². The Balaban J connectivity index is 2.25. The summed E-state index contributed by atoms with van der Waals surface area (Å²) in [6, 6.07) is 19.5. The van der Waals surface area contributed by atoms with Crippen LogP contribution in [-0.4, -0.2) is 16.4 Å². The Morgan fingerprint density at radius 2 is 1.32 bits per heavy atom. The molecule has 1 aliphatic rings. The minimum Gasteiger partial charge on any atom is -0.427 e. The molecule has 1 saturated heterocycles. The van der Waals surface area contributed by atoms with E-state index < -0.39 is 17.0 Å². The third-order valence-electron chi connectivity index (χ3n) is 4.57. The van der Waals surface area contributed by atoms with Crippen molar-refractivity contribution in [2.75, 3.05) is 0 Å². The van der Waals surface area contributed by atoms with E-state index in [1.54, 1.807) is 48.5 Å². The van der Waals surface area contributed by atoms with E-state index in [0.29, 0.717) is 21.2 Å². The van der Waals surface area contributed by atoms with Gasteiger partial charge in [-0.3, -0.25) is 0 Å². The molecule has 0 aliphatic carbocycles. The molecule has 1 aliphatic heterocycles. The first-order valence-corrected chi connectivity index (χ1v) is 8.73. The van der Waals surface area contributed by atoms with E-state index in [1.165, 1.54) is 6.21 Å². The van der Waals surface area contributed by atoms with Crippen molar-refractivity contribution in [2.45, 2.75) is 11.6 Å². The van der Waals surface area contributed by atoms with Crippen LogP contribution in [0.5, 0.6) is 0 Å². The Bertz CT molecular complexity index is 1080. The molecule has 0 amide bonds. The lowest BCUT2D eigenvalue weighted by Crippen LogP contribution is -2.48. The summed E-state index contributed by atoms with van der Waals surface area (Å²) in [4.78, 5) is 0. The lowest BCUT2D eigenvalue weighted by atomic mass is 9.68. The minimum absolute atomic E-state index is 0.470. The first kappa shape index (κ1) is 19.2. The van der Waals surface area contributed by atoms with Gasteiger partial charge < -0.3 is 5.43 Å². The molecule has 134 valence electrons. The Hall–Kier alpha value is -3.55. The Labute approximate surface area is 171 Å². The van der Waals surface area contributed by atoms with Crippen LogP contribution in [0.4, 0.5) is 0 Å². The van der Waals surface area contributed by atoms with E-state index in [-0.39, 0.29) is 0 Å². The average molecular weight is 405 g/mol. The number of benzene rings is 2. The molecule has 8 heteroatoms. The molecule has 0 radical (unpaired) electrons. The Kier molecular flexibility index (Phi) is 4.96. The van der Waals surface area contributed by atoms with Crippen LogP contribution in [0.2, 0.25) is 10.0 Å². The Morgan fingerprint density at radius 1 is 0.821 bits per heavy atom. The van der Waals surface area contributed by atoms with Crippen LogP contribution in [-0.2, 0) is 0 Å². The molecule has 1 unspecified atom stereocenters. The van der Waals surface area contributed by atoms with Gasteiger partial charge in [-0.15, -0.1) is 0 Å². The first-order chi connectivity index (χ1) is 13.5. The Morgan fingerprint density at radius 3 is 1.79 bits per heavy atom. The van der Waals surface area contributed by atoms with Crippen LogP contribution >= 0.6 is 23.2 Å². The third kappa shape index (κ3) is 2.74. The highest BCUT2D eigenvalue weighted by Gasteiger charge is 2.69. The van der Waals surface area contributed by atoms with Crippen molar-refractivity contribution in [2.24, 2.45) is 5.41 Å². The van der Waals surface area contributed by atoms with Crippen LogP contribution in [0, 0.1) is 50.7 Å². The quantitative estimate of drug-likeness (QED) is 0.694. The molecular weight excluding hydrogens is 395 g/mol. The van der Waals surface area contributed by atoms with Gasteiger partial charge in [-0.1, -0.05) is 40.9 Å². The molecule has 0 saturated carbocycles. The third-order valence-corrected chi connectivity index (χ3v) is 5.07. The second-order valence-electron chi connectivity index (χ2n) is 6.06. The summed E-state index contributed by atoms with van der Waals surface area (Å²) in [6.45, 7) is 0. The zero-order valence-corrected chi connectivity index (χ0v) is 15.7. The van der Waals surface area contributed by atoms with Crippen molar-refractivity contribution in [3.05, 3.63) is 75.1 Å². The number of hydrogen-bond acceptors (Lipinski definition) is 4. The predicted molar refractivity (Wildman–Crippen MR) is 102 cm³/mol. The number of nitriles is 4. The number of hydrogen-bond donors (Lipinski definition) is 0. The highest BCUT2D eigenvalue weighted by molar-refractivity contribution is 6.30. The van der Waals surface area contributed by atoms with Gasteiger partial charge in [0.15, 0.2) is 18.4 Å². The van der Waals surface area contributed by atoms with Crippen LogP contribution < -0.4 is 0 Å². The van der Waals surface area contributed by atoms with Gasteiger partial charge in [-0.05, 0) is 42.4 Å². The molecule has 2 aromatic rings. The van der Waals surface area contributed by atoms with E-state index in [1.807, 2.05) is 24.3 Å². The fourth-order valence-electron chi connectivity index (χ4n) is 3.07. The van der Waals surface area contributed by atoms with Crippen molar-refractivity contribution in [1.82, 2.24) is 0 Å². The molecule has 2 aromatic carbocycles. The second kappa shape index (κ2) is 7.22. The van der Waals surface area contributed by atoms with E-state index >= 15 is 0 Å². The summed E-state index contributed by atoms with van der Waals surface area (Å²) < 4.78 is 1.10. The number of halogens is 2. The maximum atomic E-state index is 9.90. The first-order valence-electron chi connectivity index (χ1n) is 7.97. The summed E-state index contributed by atoms with van der Waals surface area (Å²) in [5.74, 6) is 0. The zero-order chi connectivity index (χ0) is 20.4. The standard InChI is InChI=1S/C20H10Cl2N6/c21-16-5-1-14(2-6-16)9-28-20(12-25,13-26)19(10-23,11-24)18(27-28)15-3-7-17(22)8-4-15/h1-9,18H/b28-9-. The SMILES string of the molecule is N#CC1(C#N)C(c2ccc(Cl)cc2)[N-]/[N+](=C\c2ccc(Cl)cc2)C1(C#N)C#N. The fraction of sp³-hybridized carbons (Fsp3) is 0.150. The van der Waals surface area contributed by atoms with Gasteiger partial charge in [0.05, 0.1) is 12.1 Å². The molecule has 3 rings (SSSR count). The van der Waals surface area contributed by atoms with Gasteiger partial charge in [-0.2, -0.15) is 21.0 Å². The topological polar surface area (TPSA) is 112 Å². The second-order valence-corrected chi connectivity index (χ2v) is 6.93. The normalized spacial score (nSPS) is 20.2. The maximum absolute atomic E-state index is 9.90. The predicted octanol–water partition coefficient (Wildman–Crippen LogP) is 4.29. The zero-order valence-electron chi connectivity index (χ0n) is 14.2. The van der Waals surface area contributed by atoms with Crippen LogP contribution in [0.1, 0.15) is 17.2 Å². The van der Waals surface area contributed by atoms with Gasteiger partial charge in [-0.25, -0.2) is 4.68 Å². The summed E-state index contributed by atoms with van der Waals surface area (Å²) in [5, 5.41) is 40.5. The highest BCUT2D eigenvalue weighted by atomic mass is 35.5. The van der Waals surface area contributed by atoms with Crippen molar-refractivity contribution in [3.63, 3.8) is 0 Å². The molecule has 0 spiro atoms. The summed E-state index contributed by atoms with van der Waals surface area (Å²) in [6.07, 6.45) is 1.45. The molecule has 0 N–H and O–H groups in total. The highest BCUT2D eigenvalue weighted by Crippen LogP contribution is 2.55. The van der Waals surface area contributed by atoms with E-state index in [4.69, 9.17) is 23.2 Å². The van der Waals surface area contributed by atoms with E-state index in [2.05, 4.69) is 5.43 Å². The minimum atomic E-state index is -2.14. The number of rotatable bonds is 2. The number of nitrogens with zero attached hydrogens (tertiary/aromatic N) is 6. The summed E-state index contributed by atoms with van der Waals surface area (Å²) in [5.41, 5.74) is 1.32. The van der Waals surface area contributed by atoms with Crippen LogP contribution in [0.15, 0.2) is 48.5 Å². The van der Waals surface area contributed by atoms with Gasteiger partial charge >= 0.3 is 5.54 Å². The van der Waals surface area contributed by atoms with E-state index in [9.17, 15) is 21.0 Å². The molecule has 28 heavy (non-hydrogen) atoms. The van der Waals surface area contributed by atoms with Gasteiger partial charge in [0, 0.05) is 15.6 Å². The lowest BCUT2D eigenvalue weighted by Gasteiger charge is -2.25. The molecule has 1 fully saturated rings. The smallest absolute Gasteiger partial charge is 0.360 e. The average Bonchev–Trinajstić information content (AvgIpc) is 3.00. The monoisotopic (exact) mass is 404 g/mol. The summed E-state index contributed by atoms with van der Waals surface area (Å²) >= 11 is 11.8. The van der Waals surface area contributed by atoms with Crippen LogP contribution in [0.3, 0.4) is 0 Å². The van der Waals surface area contributed by atoms with Crippen molar-refractivity contribution in [3.8, 4) is 24.3 Å².